The highest BCUT2D eigenvalue weighted by Gasteiger charge is 2.26. The summed E-state index contributed by atoms with van der Waals surface area (Å²) in [5, 5.41) is 14.5. The minimum atomic E-state index is -1.13. The lowest BCUT2D eigenvalue weighted by atomic mass is 9.90. The number of aromatic nitrogens is 6. The van der Waals surface area contributed by atoms with Crippen molar-refractivity contribution in [1.29, 1.82) is 0 Å². The monoisotopic (exact) mass is 612 g/mol. The van der Waals surface area contributed by atoms with Crippen LogP contribution in [-0.4, -0.2) is 61.3 Å². The molecule has 0 amide bonds. The van der Waals surface area contributed by atoms with Crippen LogP contribution in [0.5, 0.6) is 6.01 Å². The normalized spacial score (nSPS) is 17.5. The van der Waals surface area contributed by atoms with Gasteiger partial charge in [-0.1, -0.05) is 55.0 Å². The van der Waals surface area contributed by atoms with Crippen LogP contribution in [-0.2, 0) is 20.8 Å². The summed E-state index contributed by atoms with van der Waals surface area (Å²) in [5.74, 6) is -0.000645. The number of benzene rings is 2. The average molecular weight is 613 g/mol. The average Bonchev–Trinajstić information content (AvgIpc) is 3.71. The number of nitrogens with zero attached hydrogens (tertiary/aromatic N) is 5. The Morgan fingerprint density at radius 3 is 2.60 bits per heavy atom. The van der Waals surface area contributed by atoms with Gasteiger partial charge >= 0.3 is 12.1 Å². The molecule has 234 valence electrons. The maximum atomic E-state index is 13.4. The molecule has 0 aliphatic heterocycles. The van der Waals surface area contributed by atoms with E-state index in [1.165, 1.54) is 6.92 Å². The molecule has 12 nitrogen and oxygen atoms in total. The maximum absolute atomic E-state index is 13.4. The number of tetrazole rings is 1. The number of H-pyrrole nitrogens is 1. The van der Waals surface area contributed by atoms with Gasteiger partial charge in [0.05, 0.1) is 23.2 Å². The number of nitrogens with one attached hydrogen (secondary N) is 1. The number of carbonyl (C=O) groups excluding carboxylic acids is 2. The predicted octanol–water partition coefficient (Wildman–Crippen LogP) is 6.26. The van der Waals surface area contributed by atoms with Crippen LogP contribution in [0.2, 0.25) is 0 Å². The zero-order valence-corrected chi connectivity index (χ0v) is 25.3. The standard InChI is InChI=1S/C33H36N6O6/c1-3-42-32-34-28-15-9-14-27(31(40)43-21(2)44-33(41)45-24-10-5-4-6-11-24)29(28)39(32)20-22-16-18-23(19-17-22)25-12-7-8-13-26(25)30-35-37-38-36-30/h7-9,12-16,18-19,21-22,24H,3-6,10-11,17,20H2,1-2H3,(H,35,36,37,38). The third-order valence-electron chi connectivity index (χ3n) is 8.01. The molecule has 0 radical (unpaired) electrons. The van der Waals surface area contributed by atoms with Crippen molar-refractivity contribution >= 4 is 28.7 Å². The van der Waals surface area contributed by atoms with Gasteiger partial charge < -0.3 is 18.9 Å². The second-order valence-electron chi connectivity index (χ2n) is 11.1. The Bertz CT molecular complexity index is 1710. The highest BCUT2D eigenvalue weighted by molar-refractivity contribution is 6.02. The van der Waals surface area contributed by atoms with E-state index < -0.39 is 18.4 Å². The van der Waals surface area contributed by atoms with Gasteiger partial charge in [-0.15, -0.1) is 10.2 Å². The van der Waals surface area contributed by atoms with E-state index in [9.17, 15) is 9.59 Å². The van der Waals surface area contributed by atoms with Gasteiger partial charge in [0.15, 0.2) is 0 Å². The Morgan fingerprint density at radius 2 is 1.87 bits per heavy atom. The summed E-state index contributed by atoms with van der Waals surface area (Å²) >= 11 is 0. The van der Waals surface area contributed by atoms with E-state index in [0.29, 0.717) is 41.6 Å². The van der Waals surface area contributed by atoms with Crippen LogP contribution in [0.1, 0.15) is 68.3 Å². The van der Waals surface area contributed by atoms with Crippen LogP contribution in [0.3, 0.4) is 0 Å². The summed E-state index contributed by atoms with van der Waals surface area (Å²) in [6.45, 7) is 4.31. The summed E-state index contributed by atoms with van der Waals surface area (Å²) in [6.07, 6.45) is 9.87. The molecule has 0 spiro atoms. The van der Waals surface area contributed by atoms with Gasteiger partial charge in [0.2, 0.25) is 12.1 Å². The zero-order chi connectivity index (χ0) is 31.2. The van der Waals surface area contributed by atoms with Crippen LogP contribution in [0.4, 0.5) is 4.79 Å². The van der Waals surface area contributed by atoms with Gasteiger partial charge in [-0.05, 0) is 73.4 Å². The second-order valence-corrected chi connectivity index (χ2v) is 11.1. The molecule has 1 fully saturated rings. The van der Waals surface area contributed by atoms with Gasteiger partial charge in [-0.25, -0.2) is 9.59 Å². The molecule has 2 unspecified atom stereocenters. The van der Waals surface area contributed by atoms with Crippen LogP contribution in [0.25, 0.3) is 28.0 Å². The largest absolute Gasteiger partial charge is 0.511 e. The zero-order valence-electron chi connectivity index (χ0n) is 25.3. The van der Waals surface area contributed by atoms with E-state index in [1.54, 1.807) is 12.1 Å². The quantitative estimate of drug-likeness (QED) is 0.161. The number of allylic oxidation sites excluding steroid dienone is 4. The van der Waals surface area contributed by atoms with Crippen LogP contribution >= 0.6 is 0 Å². The van der Waals surface area contributed by atoms with Crippen molar-refractivity contribution in [3.05, 3.63) is 71.8 Å². The smallest absolute Gasteiger partial charge is 0.465 e. The molecule has 12 heteroatoms. The van der Waals surface area contributed by atoms with Gasteiger partial charge in [0.1, 0.15) is 6.10 Å². The molecule has 6 rings (SSSR count). The Morgan fingerprint density at radius 1 is 1.04 bits per heavy atom. The first-order chi connectivity index (χ1) is 22.0. The molecule has 1 saturated carbocycles. The lowest BCUT2D eigenvalue weighted by molar-refractivity contribution is -0.0914. The van der Waals surface area contributed by atoms with Crippen LogP contribution in [0, 0.1) is 5.92 Å². The van der Waals surface area contributed by atoms with E-state index in [-0.39, 0.29) is 12.0 Å². The third kappa shape index (κ3) is 6.89. The first-order valence-electron chi connectivity index (χ1n) is 15.4. The summed E-state index contributed by atoms with van der Waals surface area (Å²) in [5.41, 5.74) is 4.46. The summed E-state index contributed by atoms with van der Waals surface area (Å²) in [4.78, 5) is 30.4. The number of ether oxygens (including phenoxy) is 4. The maximum Gasteiger partial charge on any atom is 0.511 e. The van der Waals surface area contributed by atoms with Gasteiger partial charge in [-0.3, -0.25) is 4.57 Å². The van der Waals surface area contributed by atoms with Crippen molar-refractivity contribution in [2.75, 3.05) is 6.61 Å². The number of hydrogen-bond donors (Lipinski definition) is 1. The minimum Gasteiger partial charge on any atom is -0.465 e. The second kappa shape index (κ2) is 13.7. The van der Waals surface area contributed by atoms with Crippen LogP contribution in [0.15, 0.2) is 60.7 Å². The number of aromatic amines is 1. The molecule has 2 aliphatic rings. The molecule has 4 aromatic rings. The number of fused-ring (bicyclic) bond motifs is 1. The molecule has 45 heavy (non-hydrogen) atoms. The lowest BCUT2D eigenvalue weighted by Gasteiger charge is -2.22. The Labute approximate surface area is 260 Å². The minimum absolute atomic E-state index is 0.101. The van der Waals surface area contributed by atoms with Crippen molar-refractivity contribution in [2.24, 2.45) is 5.92 Å². The summed E-state index contributed by atoms with van der Waals surface area (Å²) < 4.78 is 24.0. The fraction of sp³-hybridized carbons (Fsp3) is 0.394. The molecule has 0 bridgehead atoms. The number of carbonyl (C=O) groups is 2. The van der Waals surface area contributed by atoms with Crippen molar-refractivity contribution < 1.29 is 28.5 Å². The Hall–Kier alpha value is -5.00. The molecule has 1 N–H and O–H groups in total. The molecular weight excluding hydrogens is 576 g/mol. The molecule has 2 aliphatic carbocycles. The van der Waals surface area contributed by atoms with E-state index in [1.807, 2.05) is 41.8 Å². The third-order valence-corrected chi connectivity index (χ3v) is 8.01. The van der Waals surface area contributed by atoms with E-state index in [0.717, 1.165) is 55.2 Å². The van der Waals surface area contributed by atoms with Crippen molar-refractivity contribution in [3.8, 4) is 17.4 Å². The van der Waals surface area contributed by atoms with E-state index in [2.05, 4.69) is 43.8 Å². The number of hydrogen-bond acceptors (Lipinski definition) is 10. The molecule has 2 heterocycles. The fourth-order valence-electron chi connectivity index (χ4n) is 5.90. The molecular formula is C33H36N6O6. The molecule has 2 aromatic heterocycles. The van der Waals surface area contributed by atoms with Gasteiger partial charge in [0, 0.05) is 19.0 Å². The lowest BCUT2D eigenvalue weighted by Crippen LogP contribution is -2.26. The summed E-state index contributed by atoms with van der Waals surface area (Å²) in [6, 6.07) is 13.6. The first-order valence-corrected chi connectivity index (χ1v) is 15.4. The van der Waals surface area contributed by atoms with Crippen molar-refractivity contribution in [2.45, 2.75) is 71.3 Å². The van der Waals surface area contributed by atoms with E-state index >= 15 is 0 Å². The highest BCUT2D eigenvalue weighted by atomic mass is 16.8. The van der Waals surface area contributed by atoms with Gasteiger partial charge in [0.25, 0.3) is 6.01 Å². The van der Waals surface area contributed by atoms with Gasteiger partial charge in [-0.2, -0.15) is 10.2 Å². The predicted molar refractivity (Wildman–Crippen MR) is 165 cm³/mol. The van der Waals surface area contributed by atoms with Crippen molar-refractivity contribution in [1.82, 2.24) is 30.2 Å². The number of esters is 1. The Balaban J connectivity index is 1.18. The number of rotatable bonds is 10. The SMILES string of the molecule is CCOc1nc2cccc(C(=O)OC(C)OC(=O)OC3CCCCC3)c2n1CC1C=CC(c2ccccc2-c2nn[nH]n2)=CC1. The van der Waals surface area contributed by atoms with Crippen molar-refractivity contribution in [3.63, 3.8) is 0 Å². The molecule has 2 atom stereocenters. The number of imidazole rings is 1. The summed E-state index contributed by atoms with van der Waals surface area (Å²) in [7, 11) is 0. The van der Waals surface area contributed by atoms with E-state index in [4.69, 9.17) is 18.9 Å². The number of para-hydroxylation sites is 1. The Kier molecular flexibility index (Phi) is 9.18. The van der Waals surface area contributed by atoms with Crippen LogP contribution < -0.4 is 4.74 Å². The molecule has 2 aromatic carbocycles. The highest BCUT2D eigenvalue weighted by Crippen LogP contribution is 2.33. The first kappa shape index (κ1) is 30.0. The fourth-order valence-corrected chi connectivity index (χ4v) is 5.90. The molecule has 0 saturated heterocycles. The topological polar surface area (TPSA) is 143 Å².